The summed E-state index contributed by atoms with van der Waals surface area (Å²) in [5.74, 6) is 0.622. The van der Waals surface area contributed by atoms with Gasteiger partial charge in [0.1, 0.15) is 12.3 Å². The smallest absolute Gasteiger partial charge is 0.215 e. The maximum Gasteiger partial charge on any atom is 0.215 e. The van der Waals surface area contributed by atoms with Gasteiger partial charge in [0.25, 0.3) is 0 Å². The van der Waals surface area contributed by atoms with Crippen LogP contribution in [0, 0.1) is 0 Å². The van der Waals surface area contributed by atoms with E-state index in [1.165, 1.54) is 0 Å². The normalized spacial score (nSPS) is 10.6. The van der Waals surface area contributed by atoms with E-state index < -0.39 is 0 Å². The molecular weight excluding hydrogens is 180 g/mol. The Labute approximate surface area is 81.9 Å². The summed E-state index contributed by atoms with van der Waals surface area (Å²) in [4.78, 5) is 7.30. The van der Waals surface area contributed by atoms with E-state index in [2.05, 4.69) is 9.97 Å². The summed E-state index contributed by atoms with van der Waals surface area (Å²) in [6.45, 7) is 1.10. The molecule has 2 rings (SSSR count). The summed E-state index contributed by atoms with van der Waals surface area (Å²) in [6.07, 6.45) is 1.86. The van der Waals surface area contributed by atoms with Crippen LogP contribution in [0.4, 0.5) is 0 Å². The topological polar surface area (TPSA) is 47.1 Å². The molecule has 0 spiro atoms. The van der Waals surface area contributed by atoms with E-state index in [1.54, 1.807) is 7.11 Å². The van der Waals surface area contributed by atoms with Crippen LogP contribution in [-0.4, -0.2) is 30.3 Å². The van der Waals surface area contributed by atoms with Crippen molar-refractivity contribution in [1.82, 2.24) is 9.97 Å². The Balaban J connectivity index is 2.10. The zero-order valence-corrected chi connectivity index (χ0v) is 7.99. The van der Waals surface area contributed by atoms with E-state index >= 15 is 0 Å². The number of H-pyrrole nitrogens is 1. The Hall–Kier alpha value is -1.55. The summed E-state index contributed by atoms with van der Waals surface area (Å²) < 4.78 is 10.2. The van der Waals surface area contributed by atoms with E-state index in [0.29, 0.717) is 19.1 Å². The highest BCUT2D eigenvalue weighted by molar-refractivity contribution is 5.75. The van der Waals surface area contributed by atoms with Gasteiger partial charge in [0.2, 0.25) is 5.88 Å². The van der Waals surface area contributed by atoms with Crippen LogP contribution >= 0.6 is 0 Å². The monoisotopic (exact) mass is 192 g/mol. The predicted octanol–water partition coefficient (Wildman–Crippen LogP) is 1.59. The van der Waals surface area contributed by atoms with Gasteiger partial charge in [0.15, 0.2) is 0 Å². The molecule has 14 heavy (non-hydrogen) atoms. The largest absolute Gasteiger partial charge is 0.475 e. The number of methoxy groups -OCH3 is 1. The second-order valence-corrected chi connectivity index (χ2v) is 2.91. The molecule has 0 saturated heterocycles. The third-order valence-corrected chi connectivity index (χ3v) is 1.92. The lowest BCUT2D eigenvalue weighted by Gasteiger charge is -2.03. The van der Waals surface area contributed by atoms with Gasteiger partial charge in [-0.2, -0.15) is 4.98 Å². The number of aromatic amines is 1. The molecule has 0 bridgehead atoms. The third-order valence-electron chi connectivity index (χ3n) is 1.92. The Bertz CT molecular complexity index is 411. The molecule has 74 valence electrons. The number of pyridine rings is 1. The molecule has 0 amide bonds. The van der Waals surface area contributed by atoms with E-state index in [4.69, 9.17) is 9.47 Å². The number of nitrogens with one attached hydrogen (secondary N) is 1. The zero-order valence-electron chi connectivity index (χ0n) is 7.99. The van der Waals surface area contributed by atoms with Gasteiger partial charge in [-0.25, -0.2) is 0 Å². The first-order chi connectivity index (χ1) is 6.90. The van der Waals surface area contributed by atoms with Crippen molar-refractivity contribution in [2.75, 3.05) is 20.3 Å². The van der Waals surface area contributed by atoms with Crippen molar-refractivity contribution in [3.05, 3.63) is 24.4 Å². The van der Waals surface area contributed by atoms with Crippen LogP contribution in [0.1, 0.15) is 0 Å². The summed E-state index contributed by atoms with van der Waals surface area (Å²) in [6, 6.07) is 5.80. The van der Waals surface area contributed by atoms with Crippen molar-refractivity contribution in [2.24, 2.45) is 0 Å². The SMILES string of the molecule is COCCOc1ccc2cc[nH]c2n1. The van der Waals surface area contributed by atoms with E-state index in [0.717, 1.165) is 11.0 Å². The number of aromatic nitrogens is 2. The highest BCUT2D eigenvalue weighted by Crippen LogP contribution is 2.14. The van der Waals surface area contributed by atoms with Gasteiger partial charge in [-0.05, 0) is 12.1 Å². The van der Waals surface area contributed by atoms with E-state index in [1.807, 2.05) is 24.4 Å². The van der Waals surface area contributed by atoms with Crippen LogP contribution in [0.3, 0.4) is 0 Å². The average Bonchev–Trinajstić information content (AvgIpc) is 2.65. The molecule has 0 saturated carbocycles. The highest BCUT2D eigenvalue weighted by atomic mass is 16.5. The number of hydrogen-bond donors (Lipinski definition) is 1. The van der Waals surface area contributed by atoms with Gasteiger partial charge in [-0.15, -0.1) is 0 Å². The van der Waals surface area contributed by atoms with Crippen molar-refractivity contribution in [3.63, 3.8) is 0 Å². The molecule has 2 heterocycles. The minimum absolute atomic E-state index is 0.524. The van der Waals surface area contributed by atoms with Crippen LogP contribution < -0.4 is 4.74 Å². The maximum absolute atomic E-state index is 5.37. The molecular formula is C10H12N2O2. The lowest BCUT2D eigenvalue weighted by molar-refractivity contribution is 0.144. The van der Waals surface area contributed by atoms with Crippen LogP contribution in [0.25, 0.3) is 11.0 Å². The first-order valence-corrected chi connectivity index (χ1v) is 4.46. The third kappa shape index (κ3) is 1.85. The lowest BCUT2D eigenvalue weighted by atomic mass is 10.3. The molecule has 0 atom stereocenters. The average molecular weight is 192 g/mol. The summed E-state index contributed by atoms with van der Waals surface area (Å²) in [5, 5.41) is 1.09. The van der Waals surface area contributed by atoms with Crippen LogP contribution in [0.5, 0.6) is 5.88 Å². The fourth-order valence-electron chi connectivity index (χ4n) is 1.22. The first-order valence-electron chi connectivity index (χ1n) is 4.46. The van der Waals surface area contributed by atoms with Gasteiger partial charge < -0.3 is 14.5 Å². The van der Waals surface area contributed by atoms with Crippen molar-refractivity contribution >= 4 is 11.0 Å². The molecule has 0 fully saturated rings. The Morgan fingerprint density at radius 3 is 3.07 bits per heavy atom. The first kappa shape index (κ1) is 9.02. The fourth-order valence-corrected chi connectivity index (χ4v) is 1.22. The van der Waals surface area contributed by atoms with Crippen molar-refractivity contribution in [3.8, 4) is 5.88 Å². The zero-order chi connectivity index (χ0) is 9.80. The molecule has 0 unspecified atom stereocenters. The van der Waals surface area contributed by atoms with E-state index in [-0.39, 0.29) is 0 Å². The molecule has 0 aliphatic rings. The van der Waals surface area contributed by atoms with Gasteiger partial charge >= 0.3 is 0 Å². The molecule has 1 N–H and O–H groups in total. The molecule has 0 radical (unpaired) electrons. The second kappa shape index (κ2) is 4.11. The summed E-state index contributed by atoms with van der Waals surface area (Å²) in [7, 11) is 1.64. The Kier molecular flexibility index (Phi) is 2.65. The van der Waals surface area contributed by atoms with Gasteiger partial charge in [-0.3, -0.25) is 0 Å². The van der Waals surface area contributed by atoms with Gasteiger partial charge in [0, 0.05) is 24.8 Å². The quantitative estimate of drug-likeness (QED) is 0.748. The van der Waals surface area contributed by atoms with Gasteiger partial charge in [-0.1, -0.05) is 0 Å². The molecule has 4 heteroatoms. The van der Waals surface area contributed by atoms with Crippen LogP contribution in [0.15, 0.2) is 24.4 Å². The molecule has 2 aromatic rings. The number of ether oxygens (including phenoxy) is 2. The second-order valence-electron chi connectivity index (χ2n) is 2.91. The molecule has 0 aromatic carbocycles. The standard InChI is InChI=1S/C10H12N2O2/c1-13-6-7-14-9-3-2-8-4-5-11-10(8)12-9/h2-5H,6-7H2,1H3,(H,11,12). The van der Waals surface area contributed by atoms with Crippen molar-refractivity contribution in [2.45, 2.75) is 0 Å². The molecule has 0 aliphatic heterocycles. The van der Waals surface area contributed by atoms with Crippen molar-refractivity contribution < 1.29 is 9.47 Å². The summed E-state index contributed by atoms with van der Waals surface area (Å²) >= 11 is 0. The summed E-state index contributed by atoms with van der Waals surface area (Å²) in [5.41, 5.74) is 0.847. The number of fused-ring (bicyclic) bond motifs is 1. The number of nitrogens with zero attached hydrogens (tertiary/aromatic N) is 1. The van der Waals surface area contributed by atoms with Crippen molar-refractivity contribution in [1.29, 1.82) is 0 Å². The highest BCUT2D eigenvalue weighted by Gasteiger charge is 1.98. The lowest BCUT2D eigenvalue weighted by Crippen LogP contribution is -2.05. The minimum atomic E-state index is 0.524. The maximum atomic E-state index is 5.37. The van der Waals surface area contributed by atoms with Crippen LogP contribution in [0.2, 0.25) is 0 Å². The molecule has 2 aromatic heterocycles. The molecule has 4 nitrogen and oxygen atoms in total. The Morgan fingerprint density at radius 2 is 2.21 bits per heavy atom. The molecule has 0 aliphatic carbocycles. The number of hydrogen-bond acceptors (Lipinski definition) is 3. The minimum Gasteiger partial charge on any atom is -0.475 e. The fraction of sp³-hybridized carbons (Fsp3) is 0.300. The Morgan fingerprint density at radius 1 is 1.29 bits per heavy atom. The number of rotatable bonds is 4. The predicted molar refractivity (Wildman–Crippen MR) is 53.5 cm³/mol. The van der Waals surface area contributed by atoms with E-state index in [9.17, 15) is 0 Å². The van der Waals surface area contributed by atoms with Gasteiger partial charge in [0.05, 0.1) is 6.61 Å². The van der Waals surface area contributed by atoms with Crippen LogP contribution in [-0.2, 0) is 4.74 Å².